The largest absolute Gasteiger partial charge is 0.357 e. The molecule has 3 saturated carbocycles. The fourth-order valence-corrected chi connectivity index (χ4v) is 12.0. The molecule has 3 aliphatic carbocycles. The van der Waals surface area contributed by atoms with Crippen LogP contribution in [0.25, 0.3) is 33.6 Å². The van der Waals surface area contributed by atoms with E-state index in [-0.39, 0.29) is 96.7 Å². The summed E-state index contributed by atoms with van der Waals surface area (Å²) in [5.74, 6) is -1.78. The average Bonchev–Trinajstić information content (AvgIpc) is 1.63. The Bertz CT molecular complexity index is 3860. The first-order chi connectivity index (χ1) is 44.2. The molecule has 0 radical (unpaired) electrons. The third-order valence-electron chi connectivity index (χ3n) is 16.7. The first-order valence-electron chi connectivity index (χ1n) is 30.3. The SMILES string of the molecule is O=C(CN1CCCC2=C1C(=O)N(C1CC1)C2=O)Nc1ccc(-c2cccnc2)cn1.O=C(CN1CCCC2=C1C(=O)N(C1CC1)C2=O)Nc1ccc(-c2cccnc2)nn1.O=C(CN1CCCC2=C1C(=O)N(C1CC1)C2=O)Nc1ccc(-c2cncc(F)c2)nn1. The van der Waals surface area contributed by atoms with Crippen molar-refractivity contribution in [3.63, 3.8) is 0 Å². The number of carbonyl (C=O) groups is 9. The van der Waals surface area contributed by atoms with Gasteiger partial charge in [-0.1, -0.05) is 6.07 Å². The van der Waals surface area contributed by atoms with Crippen molar-refractivity contribution in [2.75, 3.05) is 55.2 Å². The number of hydrogen-bond acceptors (Lipinski definition) is 20. The van der Waals surface area contributed by atoms with E-state index in [0.717, 1.165) is 74.3 Å². The second-order valence-electron chi connectivity index (χ2n) is 23.3. The predicted octanol–water partition coefficient (Wildman–Crippen LogP) is 4.82. The number of carbonyl (C=O) groups excluding carboxylic acids is 9. The molecule has 0 spiro atoms. The molecule has 3 N–H and O–H groups in total. The number of nitrogens with zero attached hydrogens (tertiary/aromatic N) is 14. The summed E-state index contributed by atoms with van der Waals surface area (Å²) < 4.78 is 13.3. The fraction of sp³-hybridized carbons (Fsp3) is 0.328. The normalized spacial score (nSPS) is 18.6. The van der Waals surface area contributed by atoms with Crippen molar-refractivity contribution in [1.82, 2.24) is 69.7 Å². The van der Waals surface area contributed by atoms with Crippen LogP contribution in [0, 0.1) is 5.82 Å². The van der Waals surface area contributed by atoms with E-state index in [2.05, 4.69) is 56.3 Å². The van der Waals surface area contributed by atoms with Crippen molar-refractivity contribution < 1.29 is 47.5 Å². The van der Waals surface area contributed by atoms with Crippen LogP contribution in [0.5, 0.6) is 0 Å². The van der Waals surface area contributed by atoms with Gasteiger partial charge in [-0.2, -0.15) is 0 Å². The third-order valence-corrected chi connectivity index (χ3v) is 16.7. The molecular formula is C64H60FN17O9. The van der Waals surface area contributed by atoms with Crippen LogP contribution in [0.4, 0.5) is 21.8 Å². The number of pyridine rings is 4. The lowest BCUT2D eigenvalue weighted by atomic mass is 10.0. The van der Waals surface area contributed by atoms with Crippen molar-refractivity contribution in [1.29, 1.82) is 0 Å². The maximum absolute atomic E-state index is 13.3. The number of amides is 9. The van der Waals surface area contributed by atoms with E-state index < -0.39 is 5.82 Å². The number of hydrogen-bond donors (Lipinski definition) is 3. The minimum Gasteiger partial charge on any atom is -0.357 e. The van der Waals surface area contributed by atoms with E-state index in [0.29, 0.717) is 108 Å². The molecule has 12 heterocycles. The Balaban J connectivity index is 0.000000125. The lowest BCUT2D eigenvalue weighted by Crippen LogP contribution is -2.40. The predicted molar refractivity (Wildman–Crippen MR) is 322 cm³/mol. The van der Waals surface area contributed by atoms with Crippen LogP contribution in [-0.4, -0.2) is 180 Å². The third kappa shape index (κ3) is 12.8. The van der Waals surface area contributed by atoms with Gasteiger partial charge in [-0.05, 0) is 138 Å². The van der Waals surface area contributed by atoms with E-state index >= 15 is 0 Å². The Labute approximate surface area is 519 Å². The monoisotopic (exact) mass is 1230 g/mol. The van der Waals surface area contributed by atoms with Crippen LogP contribution in [0.2, 0.25) is 0 Å². The molecule has 27 heteroatoms. The maximum atomic E-state index is 13.3. The van der Waals surface area contributed by atoms with Crippen molar-refractivity contribution in [3.05, 3.63) is 150 Å². The molecule has 9 amide bonds. The maximum Gasteiger partial charge on any atom is 0.277 e. The van der Waals surface area contributed by atoms with Crippen LogP contribution in [0.15, 0.2) is 144 Å². The lowest BCUT2D eigenvalue weighted by Gasteiger charge is -2.28. The minimum atomic E-state index is -0.480. The molecule has 462 valence electrons. The van der Waals surface area contributed by atoms with Crippen LogP contribution < -0.4 is 16.0 Å². The molecule has 9 aliphatic rings. The van der Waals surface area contributed by atoms with Gasteiger partial charge in [0, 0.05) is 114 Å². The highest BCUT2D eigenvalue weighted by atomic mass is 19.1. The van der Waals surface area contributed by atoms with Gasteiger partial charge in [0.1, 0.15) is 28.7 Å². The first-order valence-corrected chi connectivity index (χ1v) is 30.3. The summed E-state index contributed by atoms with van der Waals surface area (Å²) in [7, 11) is 0. The van der Waals surface area contributed by atoms with Gasteiger partial charge >= 0.3 is 0 Å². The molecule has 0 unspecified atom stereocenters. The topological polar surface area (TPSA) is 312 Å². The molecule has 0 bridgehead atoms. The van der Waals surface area contributed by atoms with Gasteiger partial charge in [-0.25, -0.2) is 9.37 Å². The smallest absolute Gasteiger partial charge is 0.277 e. The zero-order valence-electron chi connectivity index (χ0n) is 49.2. The molecule has 6 aromatic rings. The second-order valence-corrected chi connectivity index (χ2v) is 23.3. The number of imide groups is 3. The van der Waals surface area contributed by atoms with Crippen LogP contribution in [0.1, 0.15) is 77.0 Å². The van der Waals surface area contributed by atoms with Gasteiger partial charge in [0.2, 0.25) is 17.7 Å². The molecule has 3 fully saturated rings. The molecule has 15 rings (SSSR count). The molecule has 6 aromatic heterocycles. The van der Waals surface area contributed by atoms with E-state index in [1.165, 1.54) is 27.0 Å². The van der Waals surface area contributed by atoms with Crippen LogP contribution in [-0.2, 0) is 43.2 Å². The summed E-state index contributed by atoms with van der Waals surface area (Å²) in [6, 6.07) is 19.0. The molecule has 0 aromatic carbocycles. The Hall–Kier alpha value is -10.9. The van der Waals surface area contributed by atoms with Gasteiger partial charge < -0.3 is 30.7 Å². The van der Waals surface area contributed by atoms with E-state index in [9.17, 15) is 47.5 Å². The summed E-state index contributed by atoms with van der Waals surface area (Å²) in [4.78, 5) is 139. The van der Waals surface area contributed by atoms with Crippen molar-refractivity contribution >= 4 is 70.6 Å². The van der Waals surface area contributed by atoms with Crippen molar-refractivity contribution in [2.45, 2.75) is 95.2 Å². The Morgan fingerprint density at radius 3 is 1.20 bits per heavy atom. The molecule has 26 nitrogen and oxygen atoms in total. The molecule has 6 aliphatic heterocycles. The Kier molecular flexibility index (Phi) is 16.5. The average molecular weight is 1230 g/mol. The van der Waals surface area contributed by atoms with Crippen LogP contribution in [0.3, 0.4) is 0 Å². The molecule has 0 atom stereocenters. The van der Waals surface area contributed by atoms with Crippen LogP contribution >= 0.6 is 0 Å². The highest BCUT2D eigenvalue weighted by Crippen LogP contribution is 2.41. The summed E-state index contributed by atoms with van der Waals surface area (Å²) in [6.45, 7) is 1.62. The molecular weight excluding hydrogens is 1170 g/mol. The van der Waals surface area contributed by atoms with Gasteiger partial charge in [-0.3, -0.25) is 72.8 Å². The Morgan fingerprint density at radius 2 is 0.824 bits per heavy atom. The van der Waals surface area contributed by atoms with Gasteiger partial charge in [0.05, 0.1) is 37.2 Å². The summed E-state index contributed by atoms with van der Waals surface area (Å²) in [5, 5.41) is 24.3. The minimum absolute atomic E-state index is 0.00311. The van der Waals surface area contributed by atoms with Crippen molar-refractivity contribution in [2.24, 2.45) is 0 Å². The summed E-state index contributed by atoms with van der Waals surface area (Å²) >= 11 is 0. The zero-order chi connectivity index (χ0) is 62.9. The standard InChI is InChI=1S/C22H21N5O3.C21H19FN6O3.C21H20N6O3/c28-19(25-18-8-5-15(12-24-18)14-3-1-9-23-11-14)13-26-10-2-4-17-20(26)22(30)27(21(17)29)16-6-7-16;22-13-8-12(9-23-10-13)16-5-6-17(26-25-16)24-18(29)11-27-7-1-2-15-19(27)21(31)28(20(15)30)14-3-4-14;28-18(23-17-8-7-16(24-25-17)13-3-1-9-22-11-13)12-26-10-2-4-15-19(26)21(30)27(20(15)29)14-5-6-14/h1,3,5,8-9,11-12,16H,2,4,6-7,10,13H2,(H,24,25,28);5-6,8-10,14H,1-4,7,11H2,(H,24,26,29);1,3,7-9,11,14H,2,4-6,10,12H2,(H,23,25,28). The van der Waals surface area contributed by atoms with E-state index in [1.54, 1.807) is 76.0 Å². The molecule has 91 heavy (non-hydrogen) atoms. The highest BCUT2D eigenvalue weighted by molar-refractivity contribution is 6.21. The highest BCUT2D eigenvalue weighted by Gasteiger charge is 2.51. The van der Waals surface area contributed by atoms with Gasteiger partial charge in [-0.15, -0.1) is 20.4 Å². The summed E-state index contributed by atoms with van der Waals surface area (Å²) in [5.41, 5.74) is 7.02. The fourth-order valence-electron chi connectivity index (χ4n) is 12.0. The number of aromatic nitrogens is 8. The van der Waals surface area contributed by atoms with E-state index in [4.69, 9.17) is 0 Å². The first kappa shape index (κ1) is 59.1. The summed E-state index contributed by atoms with van der Waals surface area (Å²) in [6.07, 6.45) is 20.2. The van der Waals surface area contributed by atoms with Crippen molar-refractivity contribution in [3.8, 4) is 33.6 Å². The number of nitrogens with one attached hydrogen (secondary N) is 3. The quantitative estimate of drug-likeness (QED) is 0.116. The second kappa shape index (κ2) is 25.3. The number of rotatable bonds is 15. The number of halogens is 1. The zero-order valence-corrected chi connectivity index (χ0v) is 49.2. The van der Waals surface area contributed by atoms with Gasteiger partial charge in [0.15, 0.2) is 11.6 Å². The van der Waals surface area contributed by atoms with Gasteiger partial charge in [0.25, 0.3) is 35.4 Å². The lowest BCUT2D eigenvalue weighted by molar-refractivity contribution is -0.140. The number of anilines is 3. The molecule has 0 saturated heterocycles. The Morgan fingerprint density at radius 1 is 0.429 bits per heavy atom. The van der Waals surface area contributed by atoms with E-state index in [1.807, 2.05) is 30.3 Å².